The molecule has 142 valence electrons. The van der Waals surface area contributed by atoms with Gasteiger partial charge in [0.15, 0.2) is 5.82 Å². The van der Waals surface area contributed by atoms with Gasteiger partial charge in [0, 0.05) is 25.4 Å². The van der Waals surface area contributed by atoms with Crippen molar-refractivity contribution >= 4 is 16.7 Å². The summed E-state index contributed by atoms with van der Waals surface area (Å²) >= 11 is 0. The fourth-order valence-corrected chi connectivity index (χ4v) is 3.47. The van der Waals surface area contributed by atoms with E-state index in [1.165, 1.54) is 5.39 Å². The lowest BCUT2D eigenvalue weighted by Gasteiger charge is -2.21. The highest BCUT2D eigenvalue weighted by molar-refractivity contribution is 5.87. The van der Waals surface area contributed by atoms with Crippen LogP contribution in [0.25, 0.3) is 10.8 Å². The van der Waals surface area contributed by atoms with E-state index in [0.717, 1.165) is 10.9 Å². The number of nitrogens with zero attached hydrogens (tertiary/aromatic N) is 3. The van der Waals surface area contributed by atoms with Gasteiger partial charge in [-0.2, -0.15) is 4.98 Å². The van der Waals surface area contributed by atoms with Gasteiger partial charge in [-0.1, -0.05) is 47.6 Å². The van der Waals surface area contributed by atoms with E-state index >= 15 is 0 Å². The summed E-state index contributed by atoms with van der Waals surface area (Å²) in [6.07, 6.45) is 4.88. The highest BCUT2D eigenvalue weighted by Gasteiger charge is 2.19. The van der Waals surface area contributed by atoms with Crippen molar-refractivity contribution in [1.29, 1.82) is 0 Å². The van der Waals surface area contributed by atoms with E-state index in [2.05, 4.69) is 44.3 Å². The zero-order valence-electron chi connectivity index (χ0n) is 15.7. The first-order valence-electron chi connectivity index (χ1n) is 9.37. The molecule has 2 heterocycles. The van der Waals surface area contributed by atoms with Gasteiger partial charge in [0.05, 0.1) is 12.5 Å². The fourth-order valence-electron chi connectivity index (χ4n) is 3.47. The third-order valence-corrected chi connectivity index (χ3v) is 4.78. The summed E-state index contributed by atoms with van der Waals surface area (Å²) in [4.78, 5) is 16.8. The molecule has 0 aliphatic carbocycles. The number of carbonyl (C=O) groups excluding carboxylic acids is 1. The van der Waals surface area contributed by atoms with Gasteiger partial charge in [-0.15, -0.1) is 0 Å². The molecule has 1 amide bonds. The molecule has 0 aliphatic heterocycles. The minimum Gasteiger partial charge on any atom is -0.356 e. The molecular formula is C22H22N4O2. The number of hydrogen-bond acceptors (Lipinski definition) is 4. The number of fused-ring (bicyclic) bond motifs is 1. The van der Waals surface area contributed by atoms with Gasteiger partial charge in [-0.25, -0.2) is 0 Å². The molecule has 0 spiro atoms. The van der Waals surface area contributed by atoms with E-state index in [1.54, 1.807) is 6.92 Å². The van der Waals surface area contributed by atoms with Crippen LogP contribution < -0.4 is 5.32 Å². The molecule has 2 aromatic heterocycles. The van der Waals surface area contributed by atoms with Crippen molar-refractivity contribution in [1.82, 2.24) is 20.0 Å². The van der Waals surface area contributed by atoms with Crippen molar-refractivity contribution in [3.63, 3.8) is 0 Å². The van der Waals surface area contributed by atoms with Gasteiger partial charge in [0.25, 0.3) is 0 Å². The lowest BCUT2D eigenvalue weighted by Crippen LogP contribution is -2.28. The summed E-state index contributed by atoms with van der Waals surface area (Å²) in [6.45, 7) is 2.24. The Labute approximate surface area is 163 Å². The van der Waals surface area contributed by atoms with Gasteiger partial charge in [0.2, 0.25) is 11.8 Å². The lowest BCUT2D eigenvalue weighted by molar-refractivity contribution is -0.121. The van der Waals surface area contributed by atoms with E-state index in [0.29, 0.717) is 31.1 Å². The monoisotopic (exact) mass is 374 g/mol. The van der Waals surface area contributed by atoms with Crippen LogP contribution in [0.4, 0.5) is 0 Å². The molecule has 0 aliphatic rings. The molecular weight excluding hydrogens is 352 g/mol. The summed E-state index contributed by atoms with van der Waals surface area (Å²) in [7, 11) is 0. The van der Waals surface area contributed by atoms with Gasteiger partial charge >= 0.3 is 0 Å². The molecule has 0 saturated heterocycles. The standard InChI is InChI=1S/C22H22N4O2/c1-16-24-22(28-25-16)11-12-23-21(27)15-20(26-13-4-5-14-26)19-10-6-8-17-7-2-3-9-18(17)19/h2-10,13-14,20H,11-12,15H2,1H3,(H,23,27)/t20-/m0/s1. The van der Waals surface area contributed by atoms with E-state index in [-0.39, 0.29) is 11.9 Å². The van der Waals surface area contributed by atoms with E-state index in [1.807, 2.05) is 42.7 Å². The van der Waals surface area contributed by atoms with Crippen LogP contribution >= 0.6 is 0 Å². The zero-order chi connectivity index (χ0) is 19.3. The molecule has 28 heavy (non-hydrogen) atoms. The number of aromatic nitrogens is 3. The van der Waals surface area contributed by atoms with Crippen LogP contribution in [0.5, 0.6) is 0 Å². The maximum Gasteiger partial charge on any atom is 0.228 e. The number of carbonyl (C=O) groups is 1. The first-order valence-corrected chi connectivity index (χ1v) is 9.37. The summed E-state index contributed by atoms with van der Waals surface area (Å²) in [5, 5.41) is 9.07. The van der Waals surface area contributed by atoms with Crippen molar-refractivity contribution in [3.8, 4) is 0 Å². The van der Waals surface area contributed by atoms with Crippen LogP contribution in [0.2, 0.25) is 0 Å². The van der Waals surface area contributed by atoms with Crippen LogP contribution in [0, 0.1) is 6.92 Å². The molecule has 0 radical (unpaired) electrons. The lowest BCUT2D eigenvalue weighted by atomic mass is 9.96. The van der Waals surface area contributed by atoms with E-state index in [4.69, 9.17) is 4.52 Å². The zero-order valence-corrected chi connectivity index (χ0v) is 15.7. The van der Waals surface area contributed by atoms with Crippen LogP contribution in [0.15, 0.2) is 71.5 Å². The quantitative estimate of drug-likeness (QED) is 0.536. The third kappa shape index (κ3) is 3.96. The number of aryl methyl sites for hydroxylation is 1. The topological polar surface area (TPSA) is 73.0 Å². The Morgan fingerprint density at radius 2 is 1.89 bits per heavy atom. The Bertz CT molecular complexity index is 1060. The average Bonchev–Trinajstić information content (AvgIpc) is 3.38. The van der Waals surface area contributed by atoms with Gasteiger partial charge in [-0.3, -0.25) is 4.79 Å². The van der Waals surface area contributed by atoms with Crippen LogP contribution in [0.1, 0.15) is 29.7 Å². The van der Waals surface area contributed by atoms with Crippen molar-refractivity contribution in [2.24, 2.45) is 0 Å². The van der Waals surface area contributed by atoms with Gasteiger partial charge in [-0.05, 0) is 35.4 Å². The van der Waals surface area contributed by atoms with E-state index in [9.17, 15) is 4.79 Å². The number of hydrogen-bond donors (Lipinski definition) is 1. The predicted octanol–water partition coefficient (Wildman–Crippen LogP) is 3.67. The molecule has 6 nitrogen and oxygen atoms in total. The van der Waals surface area contributed by atoms with Crippen LogP contribution in [-0.2, 0) is 11.2 Å². The smallest absolute Gasteiger partial charge is 0.228 e. The van der Waals surface area contributed by atoms with Crippen molar-refractivity contribution in [2.45, 2.75) is 25.8 Å². The number of benzene rings is 2. The molecule has 1 atom stereocenters. The number of amides is 1. The van der Waals surface area contributed by atoms with Crippen LogP contribution in [-0.4, -0.2) is 27.2 Å². The number of rotatable bonds is 7. The Morgan fingerprint density at radius 1 is 1.11 bits per heavy atom. The molecule has 6 heteroatoms. The second-order valence-corrected chi connectivity index (χ2v) is 6.75. The van der Waals surface area contributed by atoms with Crippen molar-refractivity contribution < 1.29 is 9.32 Å². The Morgan fingerprint density at radius 3 is 2.68 bits per heavy atom. The summed E-state index contributed by atoms with van der Waals surface area (Å²) in [6, 6.07) is 18.4. The minimum absolute atomic E-state index is 0.0112. The molecule has 0 saturated carbocycles. The summed E-state index contributed by atoms with van der Waals surface area (Å²) in [5.74, 6) is 1.13. The van der Waals surface area contributed by atoms with Crippen molar-refractivity contribution in [3.05, 3.63) is 84.3 Å². The fraction of sp³-hybridized carbons (Fsp3) is 0.227. The normalized spacial score (nSPS) is 12.2. The predicted molar refractivity (Wildman–Crippen MR) is 107 cm³/mol. The molecule has 0 bridgehead atoms. The summed E-state index contributed by atoms with van der Waals surface area (Å²) < 4.78 is 7.17. The first kappa shape index (κ1) is 18.0. The maximum absolute atomic E-state index is 12.7. The van der Waals surface area contributed by atoms with Gasteiger partial charge in [0.1, 0.15) is 0 Å². The average molecular weight is 374 g/mol. The summed E-state index contributed by atoms with van der Waals surface area (Å²) in [5.41, 5.74) is 1.14. The molecule has 2 aromatic carbocycles. The Kier molecular flexibility index (Phi) is 5.19. The second-order valence-electron chi connectivity index (χ2n) is 6.75. The molecule has 4 rings (SSSR count). The molecule has 0 unspecified atom stereocenters. The highest BCUT2D eigenvalue weighted by Crippen LogP contribution is 2.29. The largest absolute Gasteiger partial charge is 0.356 e. The second kappa shape index (κ2) is 8.08. The van der Waals surface area contributed by atoms with Gasteiger partial charge < -0.3 is 14.4 Å². The molecule has 0 fully saturated rings. The maximum atomic E-state index is 12.7. The highest BCUT2D eigenvalue weighted by atomic mass is 16.5. The Balaban J connectivity index is 1.51. The minimum atomic E-state index is -0.0771. The Hall–Kier alpha value is -3.41. The molecule has 4 aromatic rings. The van der Waals surface area contributed by atoms with E-state index < -0.39 is 0 Å². The number of nitrogens with one attached hydrogen (secondary N) is 1. The van der Waals surface area contributed by atoms with Crippen LogP contribution in [0.3, 0.4) is 0 Å². The third-order valence-electron chi connectivity index (χ3n) is 4.78. The first-order chi connectivity index (χ1) is 13.7. The molecule has 1 N–H and O–H groups in total. The van der Waals surface area contributed by atoms with Crippen molar-refractivity contribution in [2.75, 3.05) is 6.54 Å². The SMILES string of the molecule is Cc1noc(CCNC(=O)C[C@@H](c2cccc3ccccc23)n2cccc2)n1.